The Morgan fingerprint density at radius 1 is 1.24 bits per heavy atom. The van der Waals surface area contributed by atoms with Crippen LogP contribution in [0.1, 0.15) is 30.9 Å². The molecule has 0 N–H and O–H groups in total. The van der Waals surface area contributed by atoms with Gasteiger partial charge in [0.25, 0.3) is 5.56 Å². The molecule has 7 nitrogen and oxygen atoms in total. The number of thiophene rings is 1. The average Bonchev–Trinajstić information content (AvgIpc) is 3.42. The second kappa shape index (κ2) is 8.24. The van der Waals surface area contributed by atoms with Crippen molar-refractivity contribution in [3.8, 4) is 11.5 Å². The predicted molar refractivity (Wildman–Crippen MR) is 112 cm³/mol. The summed E-state index contributed by atoms with van der Waals surface area (Å²) < 4.78 is 12.2. The summed E-state index contributed by atoms with van der Waals surface area (Å²) in [6.07, 6.45) is 3.65. The third-order valence-corrected chi connectivity index (χ3v) is 6.20. The van der Waals surface area contributed by atoms with Crippen molar-refractivity contribution in [1.82, 2.24) is 14.5 Å². The molecule has 0 unspecified atom stereocenters. The molecule has 0 spiro atoms. The van der Waals surface area contributed by atoms with Crippen molar-refractivity contribution < 1.29 is 14.3 Å². The molecular weight excluding hydrogens is 390 g/mol. The Morgan fingerprint density at radius 3 is 2.86 bits per heavy atom. The van der Waals surface area contributed by atoms with Crippen LogP contribution >= 0.6 is 11.3 Å². The highest BCUT2D eigenvalue weighted by Crippen LogP contribution is 2.37. The normalized spacial score (nSPS) is 16.3. The summed E-state index contributed by atoms with van der Waals surface area (Å²) in [6, 6.07) is 7.58. The molecule has 4 rings (SSSR count). The number of rotatable bonds is 6. The van der Waals surface area contributed by atoms with Gasteiger partial charge in [-0.3, -0.25) is 14.2 Å². The number of carbonyl (C=O) groups is 1. The Kier molecular flexibility index (Phi) is 5.53. The van der Waals surface area contributed by atoms with Crippen LogP contribution in [-0.2, 0) is 11.3 Å². The number of nitrogens with zero attached hydrogens (tertiary/aromatic N) is 3. The molecular formula is C21H23N3O4S. The zero-order valence-electron chi connectivity index (χ0n) is 16.5. The molecule has 0 saturated carbocycles. The van der Waals surface area contributed by atoms with Gasteiger partial charge < -0.3 is 14.4 Å². The van der Waals surface area contributed by atoms with E-state index in [2.05, 4.69) is 4.98 Å². The van der Waals surface area contributed by atoms with Crippen molar-refractivity contribution >= 4 is 27.5 Å². The molecule has 1 atom stereocenters. The molecule has 1 aliphatic heterocycles. The van der Waals surface area contributed by atoms with Crippen molar-refractivity contribution in [1.29, 1.82) is 0 Å². The van der Waals surface area contributed by atoms with Crippen LogP contribution in [0.15, 0.2) is 40.8 Å². The summed E-state index contributed by atoms with van der Waals surface area (Å²) in [5.41, 5.74) is 0.939. The van der Waals surface area contributed by atoms with Crippen LogP contribution in [0, 0.1) is 0 Å². The fourth-order valence-electron chi connectivity index (χ4n) is 3.88. The van der Waals surface area contributed by atoms with Gasteiger partial charge in [0.2, 0.25) is 5.91 Å². The SMILES string of the molecule is COc1ccc([C@H]2CCCN2C(=O)CCn2cnc3sccc3c2=O)cc1OC. The first kappa shape index (κ1) is 19.4. The fourth-order valence-corrected chi connectivity index (χ4v) is 4.61. The monoisotopic (exact) mass is 413 g/mol. The van der Waals surface area contributed by atoms with Gasteiger partial charge >= 0.3 is 0 Å². The summed E-state index contributed by atoms with van der Waals surface area (Å²) >= 11 is 1.44. The number of hydrogen-bond donors (Lipinski definition) is 0. The number of aromatic nitrogens is 2. The maximum Gasteiger partial charge on any atom is 0.262 e. The van der Waals surface area contributed by atoms with E-state index in [9.17, 15) is 9.59 Å². The van der Waals surface area contributed by atoms with Gasteiger partial charge in [0.1, 0.15) is 4.83 Å². The summed E-state index contributed by atoms with van der Waals surface area (Å²) in [5.74, 6) is 1.37. The number of methoxy groups -OCH3 is 2. The standard InChI is InChI=1S/C21H23N3O4S/c1-27-17-6-5-14(12-18(17)28-2)16-4-3-9-24(16)19(25)7-10-23-13-22-20-15(21(23)26)8-11-29-20/h5-6,8,11-13,16H,3-4,7,9-10H2,1-2H3/t16-/m1/s1. The van der Waals surface area contributed by atoms with Gasteiger partial charge in [-0.1, -0.05) is 6.07 Å². The van der Waals surface area contributed by atoms with Crippen LogP contribution in [-0.4, -0.2) is 41.1 Å². The zero-order valence-corrected chi connectivity index (χ0v) is 17.3. The number of amides is 1. The van der Waals surface area contributed by atoms with Crippen LogP contribution in [0.5, 0.6) is 11.5 Å². The number of likely N-dealkylation sites (tertiary alicyclic amines) is 1. The van der Waals surface area contributed by atoms with Gasteiger partial charge in [-0.05, 0) is 42.0 Å². The van der Waals surface area contributed by atoms with E-state index in [0.29, 0.717) is 30.0 Å². The van der Waals surface area contributed by atoms with E-state index in [-0.39, 0.29) is 23.9 Å². The van der Waals surface area contributed by atoms with Crippen molar-refractivity contribution in [3.63, 3.8) is 0 Å². The van der Waals surface area contributed by atoms with Crippen LogP contribution in [0.25, 0.3) is 10.2 Å². The van der Waals surface area contributed by atoms with Crippen LogP contribution in [0.2, 0.25) is 0 Å². The zero-order chi connectivity index (χ0) is 20.4. The highest BCUT2D eigenvalue weighted by molar-refractivity contribution is 7.16. The van der Waals surface area contributed by atoms with E-state index in [1.54, 1.807) is 20.3 Å². The van der Waals surface area contributed by atoms with Crippen LogP contribution in [0.3, 0.4) is 0 Å². The number of carbonyl (C=O) groups excluding carboxylic acids is 1. The highest BCUT2D eigenvalue weighted by Gasteiger charge is 2.30. The lowest BCUT2D eigenvalue weighted by Gasteiger charge is -2.26. The number of aryl methyl sites for hydroxylation is 1. The third kappa shape index (κ3) is 3.72. The van der Waals surface area contributed by atoms with Crippen molar-refractivity contribution in [2.75, 3.05) is 20.8 Å². The Bertz CT molecular complexity index is 1090. The molecule has 29 heavy (non-hydrogen) atoms. The quantitative estimate of drug-likeness (QED) is 0.620. The van der Waals surface area contributed by atoms with Gasteiger partial charge in [0.15, 0.2) is 11.5 Å². The summed E-state index contributed by atoms with van der Waals surface area (Å²) in [5, 5.41) is 2.46. The molecule has 1 saturated heterocycles. The fraction of sp³-hybridized carbons (Fsp3) is 0.381. The number of ether oxygens (including phenoxy) is 2. The second-order valence-electron chi connectivity index (χ2n) is 6.99. The molecule has 3 heterocycles. The summed E-state index contributed by atoms with van der Waals surface area (Å²) in [6.45, 7) is 1.04. The molecule has 3 aromatic rings. The highest BCUT2D eigenvalue weighted by atomic mass is 32.1. The maximum absolute atomic E-state index is 12.9. The molecule has 1 amide bonds. The average molecular weight is 413 g/mol. The number of benzene rings is 1. The Labute approximate surface area is 172 Å². The molecule has 152 valence electrons. The second-order valence-corrected chi connectivity index (χ2v) is 7.89. The largest absolute Gasteiger partial charge is 0.493 e. The molecule has 2 aromatic heterocycles. The molecule has 8 heteroatoms. The number of hydrogen-bond acceptors (Lipinski definition) is 6. The topological polar surface area (TPSA) is 73.7 Å². The van der Waals surface area contributed by atoms with E-state index in [4.69, 9.17) is 9.47 Å². The Hall–Kier alpha value is -2.87. The van der Waals surface area contributed by atoms with E-state index in [0.717, 1.165) is 23.2 Å². The van der Waals surface area contributed by atoms with Crippen molar-refractivity contribution in [2.45, 2.75) is 31.8 Å². The van der Waals surface area contributed by atoms with Gasteiger partial charge in [-0.25, -0.2) is 4.98 Å². The van der Waals surface area contributed by atoms with Gasteiger partial charge in [-0.2, -0.15) is 0 Å². The minimum atomic E-state index is -0.0955. The molecule has 1 fully saturated rings. The van der Waals surface area contributed by atoms with Crippen LogP contribution in [0.4, 0.5) is 0 Å². The molecule has 0 radical (unpaired) electrons. The van der Waals surface area contributed by atoms with Gasteiger partial charge in [-0.15, -0.1) is 11.3 Å². The molecule has 1 aliphatic rings. The van der Waals surface area contributed by atoms with E-state index >= 15 is 0 Å². The Morgan fingerprint density at radius 2 is 2.07 bits per heavy atom. The first-order valence-corrected chi connectivity index (χ1v) is 10.4. The summed E-state index contributed by atoms with van der Waals surface area (Å²) in [4.78, 5) is 32.4. The van der Waals surface area contributed by atoms with Gasteiger partial charge in [0, 0.05) is 19.5 Å². The van der Waals surface area contributed by atoms with E-state index in [1.165, 1.54) is 22.2 Å². The summed E-state index contributed by atoms with van der Waals surface area (Å²) in [7, 11) is 3.21. The lowest BCUT2D eigenvalue weighted by Crippen LogP contribution is -2.32. The van der Waals surface area contributed by atoms with E-state index < -0.39 is 0 Å². The minimum absolute atomic E-state index is 0.0107. The minimum Gasteiger partial charge on any atom is -0.493 e. The van der Waals surface area contributed by atoms with Crippen molar-refractivity contribution in [3.05, 3.63) is 51.9 Å². The van der Waals surface area contributed by atoms with Crippen LogP contribution < -0.4 is 15.0 Å². The molecule has 0 aliphatic carbocycles. The molecule has 1 aromatic carbocycles. The van der Waals surface area contributed by atoms with Gasteiger partial charge in [0.05, 0.1) is 32.0 Å². The lowest BCUT2D eigenvalue weighted by molar-refractivity contribution is -0.132. The number of fused-ring (bicyclic) bond motifs is 1. The third-order valence-electron chi connectivity index (χ3n) is 5.38. The first-order valence-electron chi connectivity index (χ1n) is 9.56. The Balaban J connectivity index is 1.49. The lowest BCUT2D eigenvalue weighted by atomic mass is 10.0. The first-order chi connectivity index (χ1) is 14.1. The predicted octanol–water partition coefficient (Wildman–Crippen LogP) is 3.23. The molecule has 0 bridgehead atoms. The van der Waals surface area contributed by atoms with Crippen molar-refractivity contribution in [2.24, 2.45) is 0 Å². The maximum atomic E-state index is 12.9. The smallest absolute Gasteiger partial charge is 0.262 e. The van der Waals surface area contributed by atoms with E-state index in [1.807, 2.05) is 28.5 Å².